The zero-order chi connectivity index (χ0) is 19.6. The molecule has 2 aromatic rings. The molecule has 1 fully saturated rings. The van der Waals surface area contributed by atoms with Crippen molar-refractivity contribution in [2.45, 2.75) is 25.4 Å². The summed E-state index contributed by atoms with van der Waals surface area (Å²) in [4.78, 5) is 26.0. The summed E-state index contributed by atoms with van der Waals surface area (Å²) < 4.78 is 40.6. The van der Waals surface area contributed by atoms with Gasteiger partial charge in [0.1, 0.15) is 17.5 Å². The smallest absolute Gasteiger partial charge is 0.254 e. The molecule has 0 saturated heterocycles. The van der Waals surface area contributed by atoms with Gasteiger partial charge in [0.2, 0.25) is 5.91 Å². The Morgan fingerprint density at radius 3 is 2.48 bits per heavy atom. The van der Waals surface area contributed by atoms with Crippen molar-refractivity contribution in [1.29, 1.82) is 0 Å². The van der Waals surface area contributed by atoms with Crippen molar-refractivity contribution in [2.24, 2.45) is 0 Å². The Balaban J connectivity index is 1.66. The van der Waals surface area contributed by atoms with Crippen LogP contribution in [0.2, 0.25) is 5.02 Å². The van der Waals surface area contributed by atoms with E-state index in [1.54, 1.807) is 0 Å². The molecule has 3 rings (SSSR count). The molecule has 1 aliphatic carbocycles. The van der Waals surface area contributed by atoms with Crippen LogP contribution in [0.25, 0.3) is 0 Å². The van der Waals surface area contributed by atoms with Gasteiger partial charge in [0.15, 0.2) is 0 Å². The van der Waals surface area contributed by atoms with E-state index in [-0.39, 0.29) is 28.7 Å². The van der Waals surface area contributed by atoms with E-state index in [1.807, 2.05) is 0 Å². The van der Waals surface area contributed by atoms with Gasteiger partial charge in [-0.25, -0.2) is 13.2 Å². The Hall–Kier alpha value is -2.54. The van der Waals surface area contributed by atoms with Gasteiger partial charge in [0.25, 0.3) is 5.91 Å². The van der Waals surface area contributed by atoms with Gasteiger partial charge in [-0.2, -0.15) is 0 Å². The van der Waals surface area contributed by atoms with Crippen molar-refractivity contribution in [3.05, 3.63) is 70.0 Å². The van der Waals surface area contributed by atoms with Crippen LogP contribution in [0.5, 0.6) is 0 Å². The second-order valence-corrected chi connectivity index (χ2v) is 6.67. The number of hydrogen-bond acceptors (Lipinski definition) is 2. The van der Waals surface area contributed by atoms with E-state index >= 15 is 0 Å². The van der Waals surface area contributed by atoms with Crippen LogP contribution < -0.4 is 5.32 Å². The minimum absolute atomic E-state index is 0.0181. The van der Waals surface area contributed by atoms with Crippen LogP contribution in [-0.2, 0) is 11.3 Å². The van der Waals surface area contributed by atoms with E-state index < -0.39 is 35.8 Å². The molecule has 2 amide bonds. The van der Waals surface area contributed by atoms with Crippen LogP contribution in [0, 0.1) is 17.5 Å². The molecule has 0 heterocycles. The number of carbonyl (C=O) groups excluding carboxylic acids is 2. The normalized spacial score (nSPS) is 13.3. The number of hydrogen-bond donors (Lipinski definition) is 1. The predicted octanol–water partition coefficient (Wildman–Crippen LogP) is 3.68. The molecule has 0 bridgehead atoms. The van der Waals surface area contributed by atoms with E-state index in [0.29, 0.717) is 6.07 Å². The molecular formula is C19H16ClF3N2O2. The van der Waals surface area contributed by atoms with Crippen LogP contribution in [0.4, 0.5) is 13.2 Å². The van der Waals surface area contributed by atoms with E-state index in [0.717, 1.165) is 25.0 Å². The number of amides is 2. The molecule has 1 aliphatic rings. The zero-order valence-corrected chi connectivity index (χ0v) is 14.9. The first-order valence-corrected chi connectivity index (χ1v) is 8.70. The van der Waals surface area contributed by atoms with Gasteiger partial charge >= 0.3 is 0 Å². The summed E-state index contributed by atoms with van der Waals surface area (Å²) in [5.41, 5.74) is -0.158. The maximum Gasteiger partial charge on any atom is 0.254 e. The average molecular weight is 397 g/mol. The van der Waals surface area contributed by atoms with Crippen LogP contribution in [0.1, 0.15) is 28.8 Å². The average Bonchev–Trinajstić information content (AvgIpc) is 3.44. The number of nitrogens with one attached hydrogen (secondary N) is 1. The predicted molar refractivity (Wildman–Crippen MR) is 93.7 cm³/mol. The molecule has 0 aromatic heterocycles. The molecule has 142 valence electrons. The van der Waals surface area contributed by atoms with E-state index in [2.05, 4.69) is 5.32 Å². The Kier molecular flexibility index (Phi) is 5.70. The first-order valence-electron chi connectivity index (χ1n) is 8.32. The van der Waals surface area contributed by atoms with Crippen LogP contribution in [0.3, 0.4) is 0 Å². The third kappa shape index (κ3) is 4.60. The van der Waals surface area contributed by atoms with Gasteiger partial charge in [-0.15, -0.1) is 0 Å². The van der Waals surface area contributed by atoms with Crippen molar-refractivity contribution >= 4 is 23.4 Å². The fraction of sp³-hybridized carbons (Fsp3) is 0.263. The quantitative estimate of drug-likeness (QED) is 0.809. The van der Waals surface area contributed by atoms with Crippen LogP contribution in [-0.4, -0.2) is 29.3 Å². The lowest BCUT2D eigenvalue weighted by atomic mass is 10.2. The Morgan fingerprint density at radius 1 is 1.11 bits per heavy atom. The third-order valence-electron chi connectivity index (χ3n) is 4.27. The summed E-state index contributed by atoms with van der Waals surface area (Å²) in [6, 6.07) is 6.77. The Labute approximate surface area is 158 Å². The van der Waals surface area contributed by atoms with Crippen molar-refractivity contribution < 1.29 is 22.8 Å². The Bertz CT molecular complexity index is 867. The fourth-order valence-corrected chi connectivity index (χ4v) is 2.91. The molecular weight excluding hydrogens is 381 g/mol. The number of benzene rings is 2. The second kappa shape index (κ2) is 8.00. The highest BCUT2D eigenvalue weighted by molar-refractivity contribution is 6.31. The molecule has 1 N–H and O–H groups in total. The van der Waals surface area contributed by atoms with Crippen LogP contribution >= 0.6 is 11.6 Å². The lowest BCUT2D eigenvalue weighted by molar-refractivity contribution is -0.131. The monoisotopic (exact) mass is 396 g/mol. The van der Waals surface area contributed by atoms with Crippen LogP contribution in [0.15, 0.2) is 36.4 Å². The van der Waals surface area contributed by atoms with E-state index in [9.17, 15) is 22.8 Å². The summed E-state index contributed by atoms with van der Waals surface area (Å²) >= 11 is 6.02. The lowest BCUT2D eigenvalue weighted by Crippen LogP contribution is -2.41. The van der Waals surface area contributed by atoms with Crippen molar-refractivity contribution in [3.8, 4) is 0 Å². The summed E-state index contributed by atoms with van der Waals surface area (Å²) in [5.74, 6) is -3.61. The minimum Gasteiger partial charge on any atom is -0.343 e. The van der Waals surface area contributed by atoms with Crippen molar-refractivity contribution in [1.82, 2.24) is 10.2 Å². The van der Waals surface area contributed by atoms with Gasteiger partial charge in [-0.1, -0.05) is 17.7 Å². The lowest BCUT2D eigenvalue weighted by Gasteiger charge is -2.23. The summed E-state index contributed by atoms with van der Waals surface area (Å²) in [7, 11) is 0. The SMILES string of the molecule is O=C(NCC(=O)N(Cc1c(F)cccc1Cl)C1CC1)c1ccc(F)cc1F. The topological polar surface area (TPSA) is 49.4 Å². The molecule has 0 radical (unpaired) electrons. The van der Waals surface area contributed by atoms with E-state index in [1.165, 1.54) is 23.1 Å². The van der Waals surface area contributed by atoms with Crippen molar-refractivity contribution in [2.75, 3.05) is 6.54 Å². The number of carbonyl (C=O) groups is 2. The van der Waals surface area contributed by atoms with Gasteiger partial charge < -0.3 is 10.2 Å². The maximum atomic E-state index is 14.0. The standard InChI is InChI=1S/C19H16ClF3N2O2/c20-15-2-1-3-16(22)14(15)10-25(12-5-6-12)18(26)9-24-19(27)13-7-4-11(21)8-17(13)23/h1-4,7-8,12H,5-6,9-10H2,(H,24,27). The summed E-state index contributed by atoms with van der Waals surface area (Å²) in [6.45, 7) is -0.409. The van der Waals surface area contributed by atoms with Gasteiger partial charge in [-0.05, 0) is 37.1 Å². The molecule has 0 unspecified atom stereocenters. The highest BCUT2D eigenvalue weighted by atomic mass is 35.5. The molecule has 0 spiro atoms. The van der Waals surface area contributed by atoms with Gasteiger partial charge in [0, 0.05) is 22.7 Å². The molecule has 27 heavy (non-hydrogen) atoms. The Morgan fingerprint density at radius 2 is 1.85 bits per heavy atom. The molecule has 1 saturated carbocycles. The molecule has 0 aliphatic heterocycles. The molecule has 8 heteroatoms. The summed E-state index contributed by atoms with van der Waals surface area (Å²) in [6.07, 6.45) is 1.55. The number of halogens is 4. The van der Waals surface area contributed by atoms with Crippen molar-refractivity contribution in [3.63, 3.8) is 0 Å². The molecule has 4 nitrogen and oxygen atoms in total. The highest BCUT2D eigenvalue weighted by Gasteiger charge is 2.33. The number of rotatable bonds is 6. The van der Waals surface area contributed by atoms with Gasteiger partial charge in [0.05, 0.1) is 18.7 Å². The fourth-order valence-electron chi connectivity index (χ4n) is 2.69. The minimum atomic E-state index is -1.02. The first-order chi connectivity index (χ1) is 12.9. The second-order valence-electron chi connectivity index (χ2n) is 6.26. The zero-order valence-electron chi connectivity index (χ0n) is 14.1. The first kappa shape index (κ1) is 19.2. The largest absolute Gasteiger partial charge is 0.343 e. The highest BCUT2D eigenvalue weighted by Crippen LogP contribution is 2.30. The number of nitrogens with zero attached hydrogens (tertiary/aromatic N) is 1. The van der Waals surface area contributed by atoms with Gasteiger partial charge in [-0.3, -0.25) is 9.59 Å². The third-order valence-corrected chi connectivity index (χ3v) is 4.63. The molecule has 2 aromatic carbocycles. The summed E-state index contributed by atoms with van der Waals surface area (Å²) in [5, 5.41) is 2.53. The molecule has 0 atom stereocenters. The maximum absolute atomic E-state index is 14.0. The van der Waals surface area contributed by atoms with E-state index in [4.69, 9.17) is 11.6 Å².